The summed E-state index contributed by atoms with van der Waals surface area (Å²) in [5.74, 6) is 1.76. The van der Waals surface area contributed by atoms with Crippen LogP contribution in [0.5, 0.6) is 0 Å². The van der Waals surface area contributed by atoms with E-state index in [0.717, 1.165) is 24.7 Å². The van der Waals surface area contributed by atoms with E-state index >= 15 is 0 Å². The van der Waals surface area contributed by atoms with Crippen LogP contribution in [0.15, 0.2) is 42.6 Å². The molecule has 1 aromatic carbocycles. The zero-order chi connectivity index (χ0) is 16.1. The summed E-state index contributed by atoms with van der Waals surface area (Å²) in [7, 11) is 0. The Morgan fingerprint density at radius 2 is 2.04 bits per heavy atom. The van der Waals surface area contributed by atoms with Crippen molar-refractivity contribution >= 4 is 11.8 Å². The molecule has 2 aromatic rings. The molecule has 4 nitrogen and oxygen atoms in total. The van der Waals surface area contributed by atoms with Gasteiger partial charge in [0.25, 0.3) is 0 Å². The van der Waals surface area contributed by atoms with Gasteiger partial charge in [-0.1, -0.05) is 37.3 Å². The summed E-state index contributed by atoms with van der Waals surface area (Å²) in [5, 5.41) is 3.49. The average molecular weight is 310 g/mol. The Bertz CT molecular complexity index is 614. The fourth-order valence-corrected chi connectivity index (χ4v) is 3.30. The number of hydrogen-bond donors (Lipinski definition) is 1. The summed E-state index contributed by atoms with van der Waals surface area (Å²) < 4.78 is 0. The van der Waals surface area contributed by atoms with E-state index in [-0.39, 0.29) is 6.04 Å². The van der Waals surface area contributed by atoms with E-state index < -0.39 is 0 Å². The summed E-state index contributed by atoms with van der Waals surface area (Å²) in [6, 6.07) is 13.2. The first-order valence-corrected chi connectivity index (χ1v) is 8.69. The van der Waals surface area contributed by atoms with Gasteiger partial charge in [0.1, 0.15) is 5.82 Å². The summed E-state index contributed by atoms with van der Waals surface area (Å²) in [5.41, 5.74) is 1.26. The molecule has 1 N–H and O–H groups in total. The molecule has 1 aliphatic heterocycles. The van der Waals surface area contributed by atoms with Crippen molar-refractivity contribution in [2.24, 2.45) is 0 Å². The number of nitrogens with one attached hydrogen (secondary N) is 1. The van der Waals surface area contributed by atoms with Gasteiger partial charge in [0, 0.05) is 24.8 Å². The van der Waals surface area contributed by atoms with Crippen molar-refractivity contribution in [2.75, 3.05) is 16.8 Å². The van der Waals surface area contributed by atoms with Crippen LogP contribution in [0.2, 0.25) is 0 Å². The molecule has 0 aliphatic carbocycles. The van der Waals surface area contributed by atoms with Gasteiger partial charge in [-0.2, -0.15) is 4.98 Å². The van der Waals surface area contributed by atoms with Crippen LogP contribution in [0, 0.1) is 0 Å². The second-order valence-corrected chi connectivity index (χ2v) is 6.27. The zero-order valence-corrected chi connectivity index (χ0v) is 14.1. The molecular formula is C19H26N4. The predicted molar refractivity (Wildman–Crippen MR) is 95.8 cm³/mol. The first-order valence-electron chi connectivity index (χ1n) is 8.69. The lowest BCUT2D eigenvalue weighted by atomic mass is 10.0. The van der Waals surface area contributed by atoms with Crippen molar-refractivity contribution in [1.82, 2.24) is 9.97 Å². The summed E-state index contributed by atoms with van der Waals surface area (Å²) in [6.45, 7) is 5.48. The fourth-order valence-electron chi connectivity index (χ4n) is 3.30. The molecule has 2 heterocycles. The van der Waals surface area contributed by atoms with Crippen LogP contribution in [0.1, 0.15) is 51.1 Å². The van der Waals surface area contributed by atoms with Crippen LogP contribution in [0.4, 0.5) is 11.8 Å². The quantitative estimate of drug-likeness (QED) is 0.887. The Morgan fingerprint density at radius 1 is 1.22 bits per heavy atom. The molecule has 1 aliphatic rings. The fraction of sp³-hybridized carbons (Fsp3) is 0.474. The monoisotopic (exact) mass is 310 g/mol. The van der Waals surface area contributed by atoms with Gasteiger partial charge in [-0.3, -0.25) is 0 Å². The Labute approximate surface area is 139 Å². The van der Waals surface area contributed by atoms with Crippen LogP contribution in [0.3, 0.4) is 0 Å². The number of nitrogens with zero attached hydrogens (tertiary/aromatic N) is 3. The van der Waals surface area contributed by atoms with Crippen molar-refractivity contribution in [2.45, 2.75) is 51.6 Å². The van der Waals surface area contributed by atoms with Crippen molar-refractivity contribution in [3.05, 3.63) is 48.2 Å². The number of hydrogen-bond acceptors (Lipinski definition) is 4. The molecule has 1 fully saturated rings. The Kier molecular flexibility index (Phi) is 5.11. The molecular weight excluding hydrogens is 284 g/mol. The minimum absolute atomic E-state index is 0.224. The van der Waals surface area contributed by atoms with Crippen molar-refractivity contribution in [1.29, 1.82) is 0 Å². The minimum Gasteiger partial charge on any atom is -0.363 e. The highest BCUT2D eigenvalue weighted by Gasteiger charge is 2.23. The molecule has 4 heteroatoms. The second kappa shape index (κ2) is 7.44. The van der Waals surface area contributed by atoms with Gasteiger partial charge in [-0.15, -0.1) is 0 Å². The van der Waals surface area contributed by atoms with Gasteiger partial charge in [-0.25, -0.2) is 4.98 Å². The third-order valence-corrected chi connectivity index (χ3v) is 4.66. The number of benzene rings is 1. The lowest BCUT2D eigenvalue weighted by molar-refractivity contribution is 0.443. The van der Waals surface area contributed by atoms with E-state index in [1.54, 1.807) is 0 Å². The Morgan fingerprint density at radius 3 is 2.83 bits per heavy atom. The Hall–Kier alpha value is -2.10. The van der Waals surface area contributed by atoms with E-state index in [9.17, 15) is 0 Å². The largest absolute Gasteiger partial charge is 0.363 e. The van der Waals surface area contributed by atoms with Crippen LogP contribution in [-0.4, -0.2) is 22.6 Å². The molecule has 0 amide bonds. The molecule has 122 valence electrons. The molecule has 0 saturated carbocycles. The van der Waals surface area contributed by atoms with Gasteiger partial charge < -0.3 is 10.2 Å². The van der Waals surface area contributed by atoms with E-state index in [2.05, 4.69) is 53.3 Å². The highest BCUT2D eigenvalue weighted by Crippen LogP contribution is 2.25. The van der Waals surface area contributed by atoms with Crippen molar-refractivity contribution in [3.8, 4) is 0 Å². The zero-order valence-electron chi connectivity index (χ0n) is 14.1. The van der Waals surface area contributed by atoms with Gasteiger partial charge >= 0.3 is 0 Å². The first-order chi connectivity index (χ1) is 11.3. The van der Waals surface area contributed by atoms with E-state index in [1.807, 2.05) is 18.3 Å². The van der Waals surface area contributed by atoms with Crippen molar-refractivity contribution < 1.29 is 0 Å². The molecule has 2 atom stereocenters. The highest BCUT2D eigenvalue weighted by molar-refractivity contribution is 5.44. The van der Waals surface area contributed by atoms with Crippen LogP contribution >= 0.6 is 0 Å². The number of anilines is 2. The summed E-state index contributed by atoms with van der Waals surface area (Å²) in [6.07, 6.45) is 6.82. The molecule has 1 aromatic heterocycles. The van der Waals surface area contributed by atoms with Gasteiger partial charge in [0.05, 0.1) is 0 Å². The van der Waals surface area contributed by atoms with Gasteiger partial charge in [-0.05, 0) is 44.2 Å². The summed E-state index contributed by atoms with van der Waals surface area (Å²) >= 11 is 0. The predicted octanol–water partition coefficient (Wildman–Crippen LogP) is 4.42. The van der Waals surface area contributed by atoms with Gasteiger partial charge in [0.15, 0.2) is 0 Å². The maximum atomic E-state index is 4.76. The molecule has 0 radical (unpaired) electrons. The van der Waals surface area contributed by atoms with Crippen LogP contribution in [-0.2, 0) is 0 Å². The lowest BCUT2D eigenvalue weighted by Crippen LogP contribution is -2.40. The van der Waals surface area contributed by atoms with Crippen LogP contribution < -0.4 is 10.2 Å². The van der Waals surface area contributed by atoms with Gasteiger partial charge in [0.2, 0.25) is 5.95 Å². The lowest BCUT2D eigenvalue weighted by Gasteiger charge is -2.35. The molecule has 0 bridgehead atoms. The highest BCUT2D eigenvalue weighted by atomic mass is 15.3. The maximum Gasteiger partial charge on any atom is 0.227 e. The third kappa shape index (κ3) is 3.81. The van der Waals surface area contributed by atoms with Crippen LogP contribution in [0.25, 0.3) is 0 Å². The molecule has 1 saturated heterocycles. The molecule has 23 heavy (non-hydrogen) atoms. The number of aromatic nitrogens is 2. The topological polar surface area (TPSA) is 41.1 Å². The second-order valence-electron chi connectivity index (χ2n) is 6.27. The van der Waals surface area contributed by atoms with E-state index in [4.69, 9.17) is 4.98 Å². The normalized spacial score (nSPS) is 19.4. The number of piperidine rings is 1. The molecule has 3 rings (SSSR count). The first kappa shape index (κ1) is 15.8. The van der Waals surface area contributed by atoms with E-state index in [1.165, 1.54) is 24.8 Å². The Balaban J connectivity index is 1.74. The molecule has 2 unspecified atom stereocenters. The van der Waals surface area contributed by atoms with Crippen molar-refractivity contribution in [3.63, 3.8) is 0 Å². The third-order valence-electron chi connectivity index (χ3n) is 4.66. The van der Waals surface area contributed by atoms with E-state index in [0.29, 0.717) is 6.04 Å². The SMILES string of the molecule is CCC1CCCCN1c1nccc(NC(C)c2ccccc2)n1. The maximum absolute atomic E-state index is 4.76. The summed E-state index contributed by atoms with van der Waals surface area (Å²) in [4.78, 5) is 11.7. The standard InChI is InChI=1S/C19H26N4/c1-3-17-11-7-8-14-23(17)19-20-13-12-18(22-19)21-15(2)16-9-5-4-6-10-16/h4-6,9-10,12-13,15,17H,3,7-8,11,14H2,1-2H3,(H,20,21,22). The number of rotatable bonds is 5. The average Bonchev–Trinajstić information content (AvgIpc) is 2.62. The minimum atomic E-state index is 0.224. The smallest absolute Gasteiger partial charge is 0.227 e. The molecule has 0 spiro atoms.